The second-order valence-corrected chi connectivity index (χ2v) is 5.93. The van der Waals surface area contributed by atoms with Crippen molar-refractivity contribution in [1.29, 1.82) is 0 Å². The Kier molecular flexibility index (Phi) is 4.02. The highest BCUT2D eigenvalue weighted by atomic mass is 79.9. The van der Waals surface area contributed by atoms with Gasteiger partial charge in [-0.1, -0.05) is 52.3 Å². The van der Waals surface area contributed by atoms with Crippen molar-refractivity contribution in [2.24, 2.45) is 0 Å². The van der Waals surface area contributed by atoms with Crippen LogP contribution in [0.3, 0.4) is 0 Å². The zero-order valence-electron chi connectivity index (χ0n) is 11.4. The van der Waals surface area contributed by atoms with Gasteiger partial charge in [0.1, 0.15) is 0 Å². The van der Waals surface area contributed by atoms with E-state index < -0.39 is 0 Å². The number of hydrogen-bond donors (Lipinski definition) is 0. The summed E-state index contributed by atoms with van der Waals surface area (Å²) in [5.74, 6) is 0.188. The van der Waals surface area contributed by atoms with Gasteiger partial charge in [-0.2, -0.15) is 0 Å². The first-order valence-corrected chi connectivity index (χ1v) is 8.17. The maximum absolute atomic E-state index is 12.1. The number of rotatable bonds is 2. The van der Waals surface area contributed by atoms with Crippen molar-refractivity contribution in [2.45, 2.75) is 25.7 Å². The molecule has 0 aliphatic heterocycles. The van der Waals surface area contributed by atoms with Crippen molar-refractivity contribution in [3.63, 3.8) is 0 Å². The molecule has 1 nitrogen and oxygen atoms in total. The average Bonchev–Trinajstić information content (AvgIpc) is 2.49. The molecule has 0 radical (unpaired) electrons. The molecule has 4 aliphatic rings. The summed E-state index contributed by atoms with van der Waals surface area (Å²) >= 11 is 3.29. The third kappa shape index (κ3) is 2.85. The fraction of sp³-hybridized carbons (Fsp3) is 0.278. The van der Waals surface area contributed by atoms with Crippen molar-refractivity contribution in [3.05, 3.63) is 70.3 Å². The molecule has 2 heteroatoms. The van der Waals surface area contributed by atoms with Gasteiger partial charge >= 0.3 is 0 Å². The molecule has 4 bridgehead atoms. The van der Waals surface area contributed by atoms with E-state index in [0.717, 1.165) is 31.2 Å². The first-order valence-electron chi connectivity index (χ1n) is 7.05. The Morgan fingerprint density at radius 3 is 2.05 bits per heavy atom. The van der Waals surface area contributed by atoms with Crippen molar-refractivity contribution in [3.8, 4) is 0 Å². The van der Waals surface area contributed by atoms with Crippen LogP contribution in [-0.2, 0) is 25.7 Å². The van der Waals surface area contributed by atoms with Gasteiger partial charge in [-0.05, 0) is 54.0 Å². The zero-order valence-corrected chi connectivity index (χ0v) is 12.9. The Hall–Kier alpha value is -1.41. The molecule has 0 spiro atoms. The smallest absolute Gasteiger partial charge is 0.173 e. The predicted octanol–water partition coefficient (Wildman–Crippen LogP) is 4.15. The minimum absolute atomic E-state index is 0.188. The molecule has 4 aliphatic carbocycles. The lowest BCUT2D eigenvalue weighted by Gasteiger charge is -2.13. The number of aryl methyl sites for hydroxylation is 4. The Bertz CT molecular complexity index is 628. The van der Waals surface area contributed by atoms with Crippen LogP contribution in [0.5, 0.6) is 0 Å². The summed E-state index contributed by atoms with van der Waals surface area (Å²) in [6, 6.07) is 15.3. The number of ketones is 1. The number of carbonyl (C=O) groups is 1. The molecule has 0 amide bonds. The predicted molar refractivity (Wildman–Crippen MR) is 85.8 cm³/mol. The fourth-order valence-electron chi connectivity index (χ4n) is 2.77. The first kappa shape index (κ1) is 13.6. The molecule has 0 saturated carbocycles. The quantitative estimate of drug-likeness (QED) is 0.598. The van der Waals surface area contributed by atoms with E-state index in [4.69, 9.17) is 0 Å². The molecule has 0 aromatic heterocycles. The van der Waals surface area contributed by atoms with Gasteiger partial charge < -0.3 is 0 Å². The van der Waals surface area contributed by atoms with Gasteiger partial charge in [0.15, 0.2) is 5.78 Å². The van der Waals surface area contributed by atoms with Gasteiger partial charge in [0.25, 0.3) is 0 Å². The summed E-state index contributed by atoms with van der Waals surface area (Å²) in [5, 5.41) is 0.400. The second kappa shape index (κ2) is 5.92. The van der Waals surface area contributed by atoms with Gasteiger partial charge in [0, 0.05) is 5.56 Å². The summed E-state index contributed by atoms with van der Waals surface area (Å²) in [6.07, 6.45) is 3.93. The highest BCUT2D eigenvalue weighted by Crippen LogP contribution is 2.20. The van der Waals surface area contributed by atoms with Gasteiger partial charge in [0.05, 0.1) is 5.33 Å². The Labute approximate surface area is 128 Å². The summed E-state index contributed by atoms with van der Waals surface area (Å²) in [4.78, 5) is 12.1. The van der Waals surface area contributed by atoms with E-state index in [9.17, 15) is 4.79 Å². The molecule has 0 heterocycles. The van der Waals surface area contributed by atoms with Crippen molar-refractivity contribution < 1.29 is 4.79 Å². The van der Waals surface area contributed by atoms with E-state index in [1.165, 1.54) is 22.3 Å². The number of benzene rings is 2. The minimum Gasteiger partial charge on any atom is -0.293 e. The van der Waals surface area contributed by atoms with Crippen LogP contribution in [0, 0.1) is 0 Å². The second-order valence-electron chi connectivity index (χ2n) is 5.36. The highest BCUT2D eigenvalue weighted by Gasteiger charge is 2.12. The summed E-state index contributed by atoms with van der Waals surface area (Å²) < 4.78 is 0. The van der Waals surface area contributed by atoms with Gasteiger partial charge in [-0.15, -0.1) is 0 Å². The van der Waals surface area contributed by atoms with E-state index in [1.54, 1.807) is 0 Å². The summed E-state index contributed by atoms with van der Waals surface area (Å²) in [5.41, 5.74) is 6.03. The standard InChI is InChI=1S/C18H17BrO/c19-12-18(20)17-11-15-6-5-13-1-3-14(4-2-13)7-9-16(17)10-8-15/h1-4,8,10-11H,5-7,9,12H2. The fourth-order valence-corrected chi connectivity index (χ4v) is 3.07. The SMILES string of the molecule is O=C(CBr)c1cc2ccc1CCc1ccc(cc1)CC2. The zero-order chi connectivity index (χ0) is 13.9. The van der Waals surface area contributed by atoms with Crippen LogP contribution in [0.4, 0.5) is 0 Å². The van der Waals surface area contributed by atoms with Gasteiger partial charge in [0.2, 0.25) is 0 Å². The summed E-state index contributed by atoms with van der Waals surface area (Å²) in [7, 11) is 0. The number of halogens is 1. The van der Waals surface area contributed by atoms with Crippen LogP contribution in [-0.4, -0.2) is 11.1 Å². The van der Waals surface area contributed by atoms with E-state index in [2.05, 4.69) is 58.4 Å². The molecular formula is C18H17BrO. The number of Topliss-reactive ketones (excluding diaryl/α,β-unsaturated/α-hetero) is 1. The largest absolute Gasteiger partial charge is 0.293 e. The first-order chi connectivity index (χ1) is 9.76. The van der Waals surface area contributed by atoms with Crippen LogP contribution in [0.15, 0.2) is 42.5 Å². The topological polar surface area (TPSA) is 17.1 Å². The lowest BCUT2D eigenvalue weighted by Crippen LogP contribution is -2.08. The van der Waals surface area contributed by atoms with Gasteiger partial charge in [-0.25, -0.2) is 0 Å². The maximum atomic E-state index is 12.1. The Balaban J connectivity index is 2.01. The molecule has 0 fully saturated rings. The molecule has 6 rings (SSSR count). The van der Waals surface area contributed by atoms with Crippen LogP contribution in [0.2, 0.25) is 0 Å². The van der Waals surface area contributed by atoms with Crippen molar-refractivity contribution in [1.82, 2.24) is 0 Å². The number of carbonyl (C=O) groups excluding carboxylic acids is 1. The normalized spacial score (nSPS) is 13.8. The molecule has 0 saturated heterocycles. The molecule has 0 unspecified atom stereocenters. The molecule has 20 heavy (non-hydrogen) atoms. The van der Waals surface area contributed by atoms with E-state index in [-0.39, 0.29) is 5.78 Å². The Morgan fingerprint density at radius 1 is 0.850 bits per heavy atom. The maximum Gasteiger partial charge on any atom is 0.173 e. The van der Waals surface area contributed by atoms with Crippen LogP contribution in [0.1, 0.15) is 32.6 Å². The Morgan fingerprint density at radius 2 is 1.40 bits per heavy atom. The highest BCUT2D eigenvalue weighted by molar-refractivity contribution is 9.09. The van der Waals surface area contributed by atoms with Crippen LogP contribution < -0.4 is 0 Å². The van der Waals surface area contributed by atoms with Crippen molar-refractivity contribution >= 4 is 21.7 Å². The van der Waals surface area contributed by atoms with E-state index in [1.807, 2.05) is 0 Å². The van der Waals surface area contributed by atoms with Gasteiger partial charge in [-0.3, -0.25) is 4.79 Å². The third-order valence-electron chi connectivity index (χ3n) is 4.00. The van der Waals surface area contributed by atoms with E-state index in [0.29, 0.717) is 5.33 Å². The minimum atomic E-state index is 0.188. The molecule has 0 atom stereocenters. The molecule has 102 valence electrons. The molecular weight excluding hydrogens is 312 g/mol. The third-order valence-corrected chi connectivity index (χ3v) is 4.51. The molecule has 2 aromatic carbocycles. The number of hydrogen-bond acceptors (Lipinski definition) is 1. The van der Waals surface area contributed by atoms with Crippen LogP contribution >= 0.6 is 15.9 Å². The lowest BCUT2D eigenvalue weighted by molar-refractivity contribution is 0.102. The molecule has 2 aromatic rings. The van der Waals surface area contributed by atoms with Crippen molar-refractivity contribution in [2.75, 3.05) is 5.33 Å². The van der Waals surface area contributed by atoms with Crippen LogP contribution in [0.25, 0.3) is 0 Å². The summed E-state index contributed by atoms with van der Waals surface area (Å²) in [6.45, 7) is 0. The average molecular weight is 329 g/mol. The molecule has 0 N–H and O–H groups in total. The van der Waals surface area contributed by atoms with E-state index >= 15 is 0 Å². The number of alkyl halides is 1. The monoisotopic (exact) mass is 328 g/mol. The lowest BCUT2D eigenvalue weighted by atomic mass is 9.92.